The third-order valence-electron chi connectivity index (χ3n) is 0.495. The van der Waals surface area contributed by atoms with E-state index in [0.29, 0.717) is 6.61 Å². The molecular formula is C4H9NO3P+. The van der Waals surface area contributed by atoms with Crippen LogP contribution in [0.15, 0.2) is 0 Å². The molecule has 0 bridgehead atoms. The summed E-state index contributed by atoms with van der Waals surface area (Å²) in [6.45, 7) is 3.33. The molecule has 0 spiro atoms. The minimum atomic E-state index is -1.97. The van der Waals surface area contributed by atoms with Crippen LogP contribution in [-0.4, -0.2) is 12.5 Å². The Bertz CT molecular complexity index is 125. The van der Waals surface area contributed by atoms with Crippen molar-refractivity contribution in [1.29, 1.82) is 0 Å². The van der Waals surface area contributed by atoms with Gasteiger partial charge in [0.2, 0.25) is 0 Å². The van der Waals surface area contributed by atoms with Crippen molar-refractivity contribution in [2.45, 2.75) is 13.8 Å². The Morgan fingerprint density at radius 3 is 2.67 bits per heavy atom. The highest BCUT2D eigenvalue weighted by molar-refractivity contribution is 7.37. The van der Waals surface area contributed by atoms with E-state index in [2.05, 4.69) is 9.61 Å². The number of nitrogens with one attached hydrogen (secondary N) is 1. The van der Waals surface area contributed by atoms with Gasteiger partial charge in [-0.2, -0.15) is 0 Å². The lowest BCUT2D eigenvalue weighted by Crippen LogP contribution is -2.10. The summed E-state index contributed by atoms with van der Waals surface area (Å²) < 4.78 is 15.0. The molecule has 0 aromatic heterocycles. The Hall–Kier alpha value is -0.470. The van der Waals surface area contributed by atoms with Crippen LogP contribution < -0.4 is 5.09 Å². The van der Waals surface area contributed by atoms with Crippen molar-refractivity contribution < 1.29 is 13.9 Å². The minimum Gasteiger partial charge on any atom is -0.272 e. The molecule has 0 aromatic rings. The second kappa shape index (κ2) is 4.41. The number of hydrogen-bond donors (Lipinski definition) is 1. The molecule has 0 aliphatic carbocycles. The van der Waals surface area contributed by atoms with E-state index < -0.39 is 8.18 Å². The maximum absolute atomic E-state index is 10.4. The fourth-order valence-electron chi connectivity index (χ4n) is 0.278. The molecule has 0 rings (SSSR count). The molecule has 0 saturated carbocycles. The Kier molecular flexibility index (Phi) is 4.18. The van der Waals surface area contributed by atoms with Gasteiger partial charge >= 0.3 is 8.18 Å². The van der Waals surface area contributed by atoms with Crippen LogP contribution in [-0.2, 0) is 13.9 Å². The molecule has 9 heavy (non-hydrogen) atoms. The Morgan fingerprint density at radius 1 is 1.78 bits per heavy atom. The highest BCUT2D eigenvalue weighted by Crippen LogP contribution is 2.14. The second-order valence-electron chi connectivity index (χ2n) is 1.34. The van der Waals surface area contributed by atoms with E-state index in [1.54, 1.807) is 6.92 Å². The third-order valence-corrected chi connectivity index (χ3v) is 1.49. The summed E-state index contributed by atoms with van der Waals surface area (Å²) in [5.74, 6) is -0.343. The van der Waals surface area contributed by atoms with Crippen molar-refractivity contribution in [2.24, 2.45) is 0 Å². The fraction of sp³-hybridized carbons (Fsp3) is 0.750. The summed E-state index contributed by atoms with van der Waals surface area (Å²) in [4.78, 5) is 10.2. The van der Waals surface area contributed by atoms with Crippen LogP contribution in [0.5, 0.6) is 0 Å². The zero-order valence-electron chi connectivity index (χ0n) is 5.38. The Labute approximate surface area is 54.5 Å². The molecule has 0 saturated heterocycles. The molecule has 0 fully saturated rings. The lowest BCUT2D eigenvalue weighted by Gasteiger charge is -1.82. The van der Waals surface area contributed by atoms with Crippen LogP contribution in [0, 0.1) is 0 Å². The van der Waals surface area contributed by atoms with Gasteiger partial charge in [0.05, 0.1) is 0 Å². The van der Waals surface area contributed by atoms with Crippen molar-refractivity contribution in [1.82, 2.24) is 5.09 Å². The van der Waals surface area contributed by atoms with E-state index in [9.17, 15) is 9.36 Å². The highest BCUT2D eigenvalue weighted by atomic mass is 31.1. The van der Waals surface area contributed by atoms with Gasteiger partial charge in [0.15, 0.2) is 0 Å². The quantitative estimate of drug-likeness (QED) is 0.606. The van der Waals surface area contributed by atoms with E-state index in [0.717, 1.165) is 0 Å². The summed E-state index contributed by atoms with van der Waals surface area (Å²) in [6, 6.07) is 0. The number of amides is 1. The van der Waals surface area contributed by atoms with Gasteiger partial charge in [0, 0.05) is 6.92 Å². The molecule has 5 heteroatoms. The molecule has 1 atom stereocenters. The zero-order chi connectivity index (χ0) is 7.28. The highest BCUT2D eigenvalue weighted by Gasteiger charge is 2.16. The average Bonchev–Trinajstić information content (AvgIpc) is 1.63. The molecule has 0 aromatic carbocycles. The standard InChI is InChI=1S/C4H8NO3P/c1-3-8-9(7)5-4(2)6/h3H2,1-2H3/p+1. The van der Waals surface area contributed by atoms with E-state index in [-0.39, 0.29) is 5.91 Å². The van der Waals surface area contributed by atoms with Crippen LogP contribution in [0.1, 0.15) is 13.8 Å². The van der Waals surface area contributed by atoms with Crippen LogP contribution in [0.2, 0.25) is 0 Å². The molecule has 1 unspecified atom stereocenters. The van der Waals surface area contributed by atoms with Gasteiger partial charge in [-0.15, -0.1) is 9.61 Å². The number of hydrogen-bond acceptors (Lipinski definition) is 3. The third kappa shape index (κ3) is 5.40. The summed E-state index contributed by atoms with van der Waals surface area (Å²) >= 11 is 0. The Morgan fingerprint density at radius 2 is 2.33 bits per heavy atom. The SMILES string of the molecule is CCO[P+](=O)NC(C)=O. The molecule has 1 amide bonds. The first-order valence-electron chi connectivity index (χ1n) is 2.54. The molecule has 0 aliphatic rings. The number of carbonyl (C=O) groups excluding carboxylic acids is 1. The van der Waals surface area contributed by atoms with Gasteiger partial charge in [-0.25, -0.2) is 0 Å². The topological polar surface area (TPSA) is 55.4 Å². The molecule has 52 valence electrons. The predicted octanol–water partition coefficient (Wildman–Crippen LogP) is 0.816. The first-order chi connectivity index (χ1) is 4.16. The summed E-state index contributed by atoms with van der Waals surface area (Å²) in [5, 5.41) is 2.09. The fourth-order valence-corrected chi connectivity index (χ4v) is 0.834. The van der Waals surface area contributed by atoms with Gasteiger partial charge < -0.3 is 0 Å². The van der Waals surface area contributed by atoms with Gasteiger partial charge in [-0.05, 0) is 11.5 Å². The smallest absolute Gasteiger partial charge is 0.272 e. The Balaban J connectivity index is 3.39. The van der Waals surface area contributed by atoms with E-state index in [1.807, 2.05) is 0 Å². The first-order valence-corrected chi connectivity index (χ1v) is 3.72. The first kappa shape index (κ1) is 8.53. The predicted molar refractivity (Wildman–Crippen MR) is 33.0 cm³/mol. The van der Waals surface area contributed by atoms with Gasteiger partial charge in [-0.3, -0.25) is 4.79 Å². The normalized spacial score (nSPS) is 10.7. The van der Waals surface area contributed by atoms with E-state index in [1.165, 1.54) is 6.92 Å². The van der Waals surface area contributed by atoms with Gasteiger partial charge in [-0.1, -0.05) is 0 Å². The van der Waals surface area contributed by atoms with Crippen molar-refractivity contribution >= 4 is 14.1 Å². The van der Waals surface area contributed by atoms with Crippen molar-refractivity contribution in [3.05, 3.63) is 0 Å². The molecule has 0 heterocycles. The maximum Gasteiger partial charge on any atom is 0.645 e. The number of rotatable bonds is 3. The van der Waals surface area contributed by atoms with Gasteiger partial charge in [0.25, 0.3) is 5.91 Å². The molecule has 1 N–H and O–H groups in total. The van der Waals surface area contributed by atoms with Crippen molar-refractivity contribution in [3.8, 4) is 0 Å². The molecule has 0 aliphatic heterocycles. The van der Waals surface area contributed by atoms with Crippen molar-refractivity contribution in [3.63, 3.8) is 0 Å². The van der Waals surface area contributed by atoms with E-state index >= 15 is 0 Å². The van der Waals surface area contributed by atoms with Crippen LogP contribution >= 0.6 is 8.18 Å². The lowest BCUT2D eigenvalue weighted by molar-refractivity contribution is -0.117. The summed E-state index contributed by atoms with van der Waals surface area (Å²) in [7, 11) is -1.97. The monoisotopic (exact) mass is 150 g/mol. The van der Waals surface area contributed by atoms with Crippen LogP contribution in [0.3, 0.4) is 0 Å². The van der Waals surface area contributed by atoms with Crippen LogP contribution in [0.4, 0.5) is 0 Å². The minimum absolute atomic E-state index is 0.343. The largest absolute Gasteiger partial charge is 0.645 e. The second-order valence-corrected chi connectivity index (χ2v) is 2.34. The van der Waals surface area contributed by atoms with E-state index in [4.69, 9.17) is 0 Å². The molecule has 4 nitrogen and oxygen atoms in total. The molecular weight excluding hydrogens is 141 g/mol. The lowest BCUT2D eigenvalue weighted by atomic mass is 10.8. The van der Waals surface area contributed by atoms with Crippen LogP contribution in [0.25, 0.3) is 0 Å². The van der Waals surface area contributed by atoms with Crippen molar-refractivity contribution in [2.75, 3.05) is 6.61 Å². The zero-order valence-corrected chi connectivity index (χ0v) is 6.27. The molecule has 0 radical (unpaired) electrons. The average molecular weight is 150 g/mol. The maximum atomic E-state index is 10.4. The number of carbonyl (C=O) groups is 1. The van der Waals surface area contributed by atoms with Gasteiger partial charge in [0.1, 0.15) is 6.61 Å². The summed E-state index contributed by atoms with van der Waals surface area (Å²) in [5.41, 5.74) is 0. The summed E-state index contributed by atoms with van der Waals surface area (Å²) in [6.07, 6.45) is 0.